The van der Waals surface area contributed by atoms with Crippen molar-refractivity contribution in [2.24, 2.45) is 0 Å². The van der Waals surface area contributed by atoms with E-state index < -0.39 is 18.1 Å². The van der Waals surface area contributed by atoms with Crippen LogP contribution >= 0.6 is 0 Å². The highest BCUT2D eigenvalue weighted by atomic mass is 16.5. The number of para-hydroxylation sites is 1. The predicted molar refractivity (Wildman–Crippen MR) is 81.8 cm³/mol. The average Bonchev–Trinajstić information content (AvgIpc) is 3.00. The first-order valence-electron chi connectivity index (χ1n) is 7.34. The first-order valence-corrected chi connectivity index (χ1v) is 7.34. The molecule has 1 aromatic rings. The van der Waals surface area contributed by atoms with Gasteiger partial charge < -0.3 is 20.1 Å². The van der Waals surface area contributed by atoms with E-state index in [-0.39, 0.29) is 18.2 Å². The van der Waals surface area contributed by atoms with E-state index in [1.54, 1.807) is 13.2 Å². The molecule has 2 amide bonds. The largest absolute Gasteiger partial charge is 0.496 e. The molecule has 2 rings (SSSR count). The first-order chi connectivity index (χ1) is 11.0. The Morgan fingerprint density at radius 1 is 1.35 bits per heavy atom. The molecule has 0 aromatic heterocycles. The van der Waals surface area contributed by atoms with Gasteiger partial charge in [-0.3, -0.25) is 9.59 Å². The maximum atomic E-state index is 12.2. The number of carbonyl (C=O) groups is 3. The van der Waals surface area contributed by atoms with Crippen LogP contribution in [0.5, 0.6) is 5.75 Å². The third-order valence-electron chi connectivity index (χ3n) is 3.73. The minimum atomic E-state index is -0.846. The summed E-state index contributed by atoms with van der Waals surface area (Å²) < 4.78 is 10.0. The van der Waals surface area contributed by atoms with Crippen molar-refractivity contribution in [1.29, 1.82) is 0 Å². The average molecular weight is 320 g/mol. The molecule has 1 aliphatic heterocycles. The van der Waals surface area contributed by atoms with Gasteiger partial charge in [0.1, 0.15) is 17.8 Å². The number of methoxy groups -OCH3 is 2. The van der Waals surface area contributed by atoms with E-state index in [1.807, 2.05) is 18.2 Å². The topological polar surface area (TPSA) is 93.7 Å². The van der Waals surface area contributed by atoms with Crippen LogP contribution in [0.25, 0.3) is 0 Å². The lowest BCUT2D eigenvalue weighted by Gasteiger charge is -2.20. The number of amides is 2. The molecule has 0 spiro atoms. The molecule has 1 saturated heterocycles. The molecule has 7 heteroatoms. The highest BCUT2D eigenvalue weighted by Crippen LogP contribution is 2.19. The van der Waals surface area contributed by atoms with Gasteiger partial charge in [0, 0.05) is 12.8 Å². The van der Waals surface area contributed by atoms with Crippen LogP contribution in [-0.2, 0) is 25.5 Å². The zero-order chi connectivity index (χ0) is 16.8. The van der Waals surface area contributed by atoms with Crippen LogP contribution in [-0.4, -0.2) is 44.1 Å². The van der Waals surface area contributed by atoms with Crippen LogP contribution in [0.3, 0.4) is 0 Å². The summed E-state index contributed by atoms with van der Waals surface area (Å²) >= 11 is 0. The second kappa shape index (κ2) is 7.62. The summed E-state index contributed by atoms with van der Waals surface area (Å²) in [5.74, 6) is -0.468. The van der Waals surface area contributed by atoms with Crippen LogP contribution in [0.4, 0.5) is 0 Å². The summed E-state index contributed by atoms with van der Waals surface area (Å²) in [6.45, 7) is 0. The number of rotatable bonds is 6. The second-order valence-corrected chi connectivity index (χ2v) is 5.26. The monoisotopic (exact) mass is 320 g/mol. The zero-order valence-electron chi connectivity index (χ0n) is 13.1. The highest BCUT2D eigenvalue weighted by Gasteiger charge is 2.31. The Bertz CT molecular complexity index is 602. The van der Waals surface area contributed by atoms with Gasteiger partial charge in [-0.2, -0.15) is 0 Å². The number of nitrogens with one attached hydrogen (secondary N) is 2. The maximum Gasteiger partial charge on any atom is 0.328 e. The van der Waals surface area contributed by atoms with Gasteiger partial charge in [-0.25, -0.2) is 4.79 Å². The Balaban J connectivity index is 2.09. The summed E-state index contributed by atoms with van der Waals surface area (Å²) in [6.07, 6.45) is 0.976. The van der Waals surface area contributed by atoms with Crippen molar-refractivity contribution in [3.63, 3.8) is 0 Å². The van der Waals surface area contributed by atoms with Gasteiger partial charge >= 0.3 is 5.97 Å². The van der Waals surface area contributed by atoms with Crippen LogP contribution in [0.15, 0.2) is 24.3 Å². The van der Waals surface area contributed by atoms with Crippen LogP contribution in [0, 0.1) is 0 Å². The Labute approximate surface area is 134 Å². The van der Waals surface area contributed by atoms with Crippen LogP contribution in [0.2, 0.25) is 0 Å². The summed E-state index contributed by atoms with van der Waals surface area (Å²) in [5, 5.41) is 5.22. The summed E-state index contributed by atoms with van der Waals surface area (Å²) in [4.78, 5) is 35.4. The van der Waals surface area contributed by atoms with Crippen LogP contribution in [0.1, 0.15) is 18.4 Å². The van der Waals surface area contributed by atoms with Crippen molar-refractivity contribution >= 4 is 17.8 Å². The molecule has 2 N–H and O–H groups in total. The molecular weight excluding hydrogens is 300 g/mol. The first kappa shape index (κ1) is 16.8. The van der Waals surface area contributed by atoms with Crippen molar-refractivity contribution in [2.45, 2.75) is 31.3 Å². The predicted octanol–water partition coefficient (Wildman–Crippen LogP) is 0.174. The summed E-state index contributed by atoms with van der Waals surface area (Å²) in [7, 11) is 2.81. The fraction of sp³-hybridized carbons (Fsp3) is 0.438. The summed E-state index contributed by atoms with van der Waals surface area (Å²) in [6, 6.07) is 5.79. The van der Waals surface area contributed by atoms with Gasteiger partial charge in [0.15, 0.2) is 0 Å². The SMILES string of the molecule is COC(=O)[C@@H](Cc1ccccc1OC)NC(=O)[C@H]1CCC(=O)N1. The van der Waals surface area contributed by atoms with Gasteiger partial charge in [-0.1, -0.05) is 18.2 Å². The lowest BCUT2D eigenvalue weighted by Crippen LogP contribution is -2.50. The van der Waals surface area contributed by atoms with E-state index in [0.717, 1.165) is 5.56 Å². The van der Waals surface area contributed by atoms with E-state index >= 15 is 0 Å². The molecule has 1 fully saturated rings. The lowest BCUT2D eigenvalue weighted by atomic mass is 10.0. The van der Waals surface area contributed by atoms with Crippen molar-refractivity contribution in [3.05, 3.63) is 29.8 Å². The Morgan fingerprint density at radius 3 is 2.70 bits per heavy atom. The zero-order valence-corrected chi connectivity index (χ0v) is 13.1. The molecule has 124 valence electrons. The molecule has 0 saturated carbocycles. The highest BCUT2D eigenvalue weighted by molar-refractivity contribution is 5.93. The number of hydrogen-bond donors (Lipinski definition) is 2. The molecule has 2 atom stereocenters. The van der Waals surface area contributed by atoms with Gasteiger partial charge in [0.05, 0.1) is 14.2 Å². The number of ether oxygens (including phenoxy) is 2. The second-order valence-electron chi connectivity index (χ2n) is 5.26. The molecule has 1 heterocycles. The third kappa shape index (κ3) is 4.21. The van der Waals surface area contributed by atoms with Gasteiger partial charge in [0.2, 0.25) is 11.8 Å². The number of benzene rings is 1. The lowest BCUT2D eigenvalue weighted by molar-refractivity contribution is -0.145. The fourth-order valence-electron chi connectivity index (χ4n) is 2.51. The molecule has 0 unspecified atom stereocenters. The molecule has 23 heavy (non-hydrogen) atoms. The maximum absolute atomic E-state index is 12.2. The molecule has 0 bridgehead atoms. The smallest absolute Gasteiger partial charge is 0.328 e. The third-order valence-corrected chi connectivity index (χ3v) is 3.73. The van der Waals surface area contributed by atoms with E-state index in [0.29, 0.717) is 18.6 Å². The molecule has 1 aromatic carbocycles. The Morgan fingerprint density at radius 2 is 2.09 bits per heavy atom. The van der Waals surface area contributed by atoms with Crippen molar-refractivity contribution in [2.75, 3.05) is 14.2 Å². The van der Waals surface area contributed by atoms with E-state index in [4.69, 9.17) is 9.47 Å². The van der Waals surface area contributed by atoms with Crippen LogP contribution < -0.4 is 15.4 Å². The quantitative estimate of drug-likeness (QED) is 0.729. The number of hydrogen-bond acceptors (Lipinski definition) is 5. The van der Waals surface area contributed by atoms with E-state index in [9.17, 15) is 14.4 Å². The van der Waals surface area contributed by atoms with Crippen molar-refractivity contribution in [3.8, 4) is 5.75 Å². The van der Waals surface area contributed by atoms with Gasteiger partial charge in [0.25, 0.3) is 0 Å². The van der Waals surface area contributed by atoms with E-state index in [1.165, 1.54) is 7.11 Å². The molecular formula is C16H20N2O5. The molecule has 0 radical (unpaired) electrons. The standard InChI is InChI=1S/C16H20N2O5/c1-22-13-6-4-3-5-10(13)9-12(16(21)23-2)18-15(20)11-7-8-14(19)17-11/h3-6,11-12H,7-9H2,1-2H3,(H,17,19)(H,18,20)/t11-,12-/m1/s1. The Kier molecular flexibility index (Phi) is 5.56. The minimum Gasteiger partial charge on any atom is -0.496 e. The van der Waals surface area contributed by atoms with Gasteiger partial charge in [-0.05, 0) is 18.1 Å². The van der Waals surface area contributed by atoms with E-state index in [2.05, 4.69) is 10.6 Å². The van der Waals surface area contributed by atoms with Crippen molar-refractivity contribution in [1.82, 2.24) is 10.6 Å². The molecule has 0 aliphatic carbocycles. The molecule has 7 nitrogen and oxygen atoms in total. The van der Waals surface area contributed by atoms with Gasteiger partial charge in [-0.15, -0.1) is 0 Å². The number of carbonyl (C=O) groups excluding carboxylic acids is 3. The molecule has 1 aliphatic rings. The number of esters is 1. The Hall–Kier alpha value is -2.57. The summed E-state index contributed by atoms with van der Waals surface area (Å²) in [5.41, 5.74) is 0.779. The van der Waals surface area contributed by atoms with Crippen molar-refractivity contribution < 1.29 is 23.9 Å². The fourth-order valence-corrected chi connectivity index (χ4v) is 2.51. The normalized spacial score (nSPS) is 18.0. The minimum absolute atomic E-state index is 0.163.